The second kappa shape index (κ2) is 2.93. The fraction of sp³-hybridized carbons (Fsp3) is 0.222. The van der Waals surface area contributed by atoms with Crippen LogP contribution in [0.15, 0.2) is 24.3 Å². The van der Waals surface area contributed by atoms with Crippen LogP contribution < -0.4 is 4.74 Å². The van der Waals surface area contributed by atoms with E-state index in [-0.39, 0.29) is 0 Å². The van der Waals surface area contributed by atoms with Gasteiger partial charge in [0.15, 0.2) is 0 Å². The van der Waals surface area contributed by atoms with E-state index < -0.39 is 0 Å². The van der Waals surface area contributed by atoms with Gasteiger partial charge in [0.25, 0.3) is 0 Å². The number of ether oxygens (including phenoxy) is 2. The minimum absolute atomic E-state index is 0.539. The van der Waals surface area contributed by atoms with Crippen molar-refractivity contribution < 1.29 is 9.47 Å². The zero-order chi connectivity index (χ0) is 7.52. The number of fused-ring (bicyclic) bond motifs is 1. The van der Waals surface area contributed by atoms with Crippen LogP contribution in [-0.2, 0) is 11.3 Å². The summed E-state index contributed by atoms with van der Waals surface area (Å²) in [4.78, 5) is 0. The van der Waals surface area contributed by atoms with Gasteiger partial charge in [-0.15, -0.1) is 0 Å². The Hall–Kier alpha value is -1.02. The molecule has 0 unspecified atom stereocenters. The Morgan fingerprint density at radius 1 is 1.18 bits per heavy atom. The molecule has 1 aromatic rings. The molecule has 1 heterocycles. The van der Waals surface area contributed by atoms with Crippen molar-refractivity contribution >= 4 is 0 Å². The summed E-state index contributed by atoms with van der Waals surface area (Å²) in [5.74, 6) is 0.932. The highest BCUT2D eigenvalue weighted by molar-refractivity contribution is 5.33. The molecule has 0 fully saturated rings. The maximum atomic E-state index is 5.37. The SMILES string of the molecule is [CH]1COc2ccccc2CO1. The topological polar surface area (TPSA) is 18.5 Å². The molecular weight excluding hydrogens is 140 g/mol. The molecule has 0 aliphatic carbocycles. The summed E-state index contributed by atoms with van der Waals surface area (Å²) < 4.78 is 10.5. The Kier molecular flexibility index (Phi) is 1.78. The zero-order valence-electron chi connectivity index (χ0n) is 6.12. The molecule has 0 N–H and O–H groups in total. The van der Waals surface area contributed by atoms with Crippen LogP contribution in [0, 0.1) is 6.61 Å². The lowest BCUT2D eigenvalue weighted by molar-refractivity contribution is 0.168. The molecule has 2 rings (SSSR count). The Bertz CT molecular complexity index is 220. The van der Waals surface area contributed by atoms with E-state index in [2.05, 4.69) is 0 Å². The first kappa shape index (κ1) is 6.68. The van der Waals surface area contributed by atoms with Gasteiger partial charge in [-0.1, -0.05) is 18.2 Å². The summed E-state index contributed by atoms with van der Waals surface area (Å²) in [6, 6.07) is 7.91. The number of hydrogen-bond donors (Lipinski definition) is 0. The van der Waals surface area contributed by atoms with Gasteiger partial charge in [0, 0.05) is 5.56 Å². The molecule has 0 atom stereocenters. The van der Waals surface area contributed by atoms with E-state index >= 15 is 0 Å². The van der Waals surface area contributed by atoms with E-state index in [0.717, 1.165) is 11.3 Å². The maximum absolute atomic E-state index is 5.37. The van der Waals surface area contributed by atoms with E-state index in [1.807, 2.05) is 24.3 Å². The molecule has 11 heavy (non-hydrogen) atoms. The van der Waals surface area contributed by atoms with E-state index in [1.54, 1.807) is 6.61 Å². The fourth-order valence-electron chi connectivity index (χ4n) is 1.08. The van der Waals surface area contributed by atoms with Crippen molar-refractivity contribution in [1.29, 1.82) is 0 Å². The van der Waals surface area contributed by atoms with Crippen molar-refractivity contribution in [3.05, 3.63) is 36.4 Å². The molecule has 0 bridgehead atoms. The van der Waals surface area contributed by atoms with Gasteiger partial charge < -0.3 is 9.47 Å². The molecule has 0 saturated heterocycles. The molecule has 0 spiro atoms. The van der Waals surface area contributed by atoms with E-state index in [9.17, 15) is 0 Å². The first-order valence-corrected chi connectivity index (χ1v) is 3.61. The summed E-state index contributed by atoms with van der Waals surface area (Å²) >= 11 is 0. The molecule has 1 aliphatic heterocycles. The summed E-state index contributed by atoms with van der Waals surface area (Å²) in [5, 5.41) is 0. The van der Waals surface area contributed by atoms with Gasteiger partial charge in [-0.2, -0.15) is 0 Å². The maximum Gasteiger partial charge on any atom is 0.124 e. The largest absolute Gasteiger partial charge is 0.490 e. The first-order valence-electron chi connectivity index (χ1n) is 3.61. The molecule has 2 heteroatoms. The molecule has 1 aliphatic rings. The van der Waals surface area contributed by atoms with Crippen LogP contribution in [0.4, 0.5) is 0 Å². The number of para-hydroxylation sites is 1. The quantitative estimate of drug-likeness (QED) is 0.559. The summed E-state index contributed by atoms with van der Waals surface area (Å²) in [6.45, 7) is 2.84. The monoisotopic (exact) mass is 149 g/mol. The van der Waals surface area contributed by atoms with Crippen LogP contribution in [0.25, 0.3) is 0 Å². The number of rotatable bonds is 0. The van der Waals surface area contributed by atoms with Gasteiger partial charge in [-0.3, -0.25) is 0 Å². The smallest absolute Gasteiger partial charge is 0.124 e. The molecule has 2 nitrogen and oxygen atoms in total. The Balaban J connectivity index is 2.33. The fourth-order valence-corrected chi connectivity index (χ4v) is 1.08. The first-order chi connectivity index (χ1) is 5.47. The van der Waals surface area contributed by atoms with Crippen molar-refractivity contribution in [1.82, 2.24) is 0 Å². The third-order valence-electron chi connectivity index (χ3n) is 1.64. The summed E-state index contributed by atoms with van der Waals surface area (Å²) in [7, 11) is 0. The normalized spacial score (nSPS) is 16.4. The van der Waals surface area contributed by atoms with Gasteiger partial charge in [-0.25, -0.2) is 0 Å². The van der Waals surface area contributed by atoms with Gasteiger partial charge in [0.05, 0.1) is 6.61 Å². The lowest BCUT2D eigenvalue weighted by Crippen LogP contribution is -1.95. The summed E-state index contributed by atoms with van der Waals surface area (Å²) in [6.07, 6.45) is 0. The minimum atomic E-state index is 0.539. The van der Waals surface area contributed by atoms with Crippen molar-refractivity contribution in [3.63, 3.8) is 0 Å². The van der Waals surface area contributed by atoms with Crippen LogP contribution in [0.3, 0.4) is 0 Å². The molecule has 0 aromatic heterocycles. The highest BCUT2D eigenvalue weighted by atomic mass is 16.5. The summed E-state index contributed by atoms with van der Waals surface area (Å²) in [5.41, 5.74) is 1.11. The molecule has 1 aromatic carbocycles. The predicted octanol–water partition coefficient (Wildman–Crippen LogP) is 1.76. The highest BCUT2D eigenvalue weighted by Crippen LogP contribution is 2.21. The van der Waals surface area contributed by atoms with Crippen molar-refractivity contribution in [2.24, 2.45) is 0 Å². The third kappa shape index (κ3) is 1.35. The van der Waals surface area contributed by atoms with E-state index in [1.165, 1.54) is 0 Å². The molecule has 0 saturated carbocycles. The van der Waals surface area contributed by atoms with E-state index in [4.69, 9.17) is 9.47 Å². The number of hydrogen-bond acceptors (Lipinski definition) is 2. The van der Waals surface area contributed by atoms with E-state index in [0.29, 0.717) is 13.2 Å². The third-order valence-corrected chi connectivity index (χ3v) is 1.64. The van der Waals surface area contributed by atoms with Crippen LogP contribution in [-0.4, -0.2) is 6.61 Å². The van der Waals surface area contributed by atoms with Gasteiger partial charge in [0.1, 0.15) is 19.0 Å². The lowest BCUT2D eigenvalue weighted by atomic mass is 10.2. The van der Waals surface area contributed by atoms with Crippen LogP contribution in [0.5, 0.6) is 5.75 Å². The van der Waals surface area contributed by atoms with Crippen molar-refractivity contribution in [3.8, 4) is 5.75 Å². The second-order valence-corrected chi connectivity index (χ2v) is 2.40. The minimum Gasteiger partial charge on any atom is -0.490 e. The van der Waals surface area contributed by atoms with Crippen molar-refractivity contribution in [2.45, 2.75) is 6.61 Å². The van der Waals surface area contributed by atoms with Crippen LogP contribution in [0.1, 0.15) is 5.56 Å². The molecular formula is C9H9O2. The average Bonchev–Trinajstić information content (AvgIpc) is 2.28. The molecule has 57 valence electrons. The zero-order valence-corrected chi connectivity index (χ0v) is 6.12. The Labute approximate surface area is 65.7 Å². The van der Waals surface area contributed by atoms with Gasteiger partial charge in [-0.05, 0) is 6.07 Å². The lowest BCUT2D eigenvalue weighted by Gasteiger charge is -2.03. The van der Waals surface area contributed by atoms with Crippen LogP contribution in [0.2, 0.25) is 0 Å². The van der Waals surface area contributed by atoms with Gasteiger partial charge >= 0.3 is 0 Å². The second-order valence-electron chi connectivity index (χ2n) is 2.40. The Morgan fingerprint density at radius 3 is 3.09 bits per heavy atom. The van der Waals surface area contributed by atoms with Gasteiger partial charge in [0.2, 0.25) is 0 Å². The van der Waals surface area contributed by atoms with Crippen molar-refractivity contribution in [2.75, 3.05) is 6.61 Å². The standard InChI is InChI=1S/C9H9O2/c1-2-4-9-8(3-1)7-10-5-6-11-9/h1-5H,6-7H2. The molecule has 1 radical (unpaired) electrons. The highest BCUT2D eigenvalue weighted by Gasteiger charge is 2.06. The average molecular weight is 149 g/mol. The van der Waals surface area contributed by atoms with Crippen LogP contribution >= 0.6 is 0 Å². The number of benzene rings is 1. The molecule has 0 amide bonds. The Morgan fingerprint density at radius 2 is 2.09 bits per heavy atom. The predicted molar refractivity (Wildman–Crippen MR) is 41.0 cm³/mol.